The summed E-state index contributed by atoms with van der Waals surface area (Å²) in [6.45, 7) is 1.26. The Bertz CT molecular complexity index is 539. The van der Waals surface area contributed by atoms with Gasteiger partial charge in [0.15, 0.2) is 0 Å². The topological polar surface area (TPSA) is 23.6 Å². The third-order valence-electron chi connectivity index (χ3n) is 3.05. The number of anilines is 1. The van der Waals surface area contributed by atoms with Gasteiger partial charge in [-0.25, -0.2) is 5.01 Å². The molecule has 2 aromatic rings. The molecule has 0 unspecified atom stereocenters. The van der Waals surface area contributed by atoms with E-state index in [1.165, 1.54) is 5.56 Å². The van der Waals surface area contributed by atoms with Crippen molar-refractivity contribution in [3.63, 3.8) is 0 Å². The molecular weight excluding hydrogens is 224 g/mol. The SMILES string of the molecule is O=C1CN(Cc2ccccc2)N1c1ccccc1. The van der Waals surface area contributed by atoms with E-state index in [1.807, 2.05) is 53.5 Å². The second kappa shape index (κ2) is 4.63. The largest absolute Gasteiger partial charge is 0.271 e. The monoisotopic (exact) mass is 238 g/mol. The van der Waals surface area contributed by atoms with Crippen LogP contribution in [0.3, 0.4) is 0 Å². The van der Waals surface area contributed by atoms with E-state index in [9.17, 15) is 4.79 Å². The van der Waals surface area contributed by atoms with Crippen LogP contribution >= 0.6 is 0 Å². The van der Waals surface area contributed by atoms with Crippen molar-refractivity contribution in [2.24, 2.45) is 0 Å². The highest BCUT2D eigenvalue weighted by atomic mass is 16.2. The first-order valence-corrected chi connectivity index (χ1v) is 6.01. The van der Waals surface area contributed by atoms with E-state index in [0.29, 0.717) is 6.54 Å². The summed E-state index contributed by atoms with van der Waals surface area (Å²) < 4.78 is 0. The minimum atomic E-state index is 0.150. The smallest absolute Gasteiger partial charge is 0.257 e. The van der Waals surface area contributed by atoms with Crippen LogP contribution in [0.1, 0.15) is 5.56 Å². The molecule has 0 aromatic heterocycles. The zero-order chi connectivity index (χ0) is 12.4. The summed E-state index contributed by atoms with van der Waals surface area (Å²) in [6.07, 6.45) is 0. The molecule has 1 aliphatic heterocycles. The Labute approximate surface area is 106 Å². The van der Waals surface area contributed by atoms with E-state index < -0.39 is 0 Å². The van der Waals surface area contributed by atoms with Gasteiger partial charge in [-0.1, -0.05) is 48.5 Å². The van der Waals surface area contributed by atoms with Crippen LogP contribution in [-0.4, -0.2) is 17.5 Å². The van der Waals surface area contributed by atoms with Crippen LogP contribution in [0, 0.1) is 0 Å². The highest BCUT2D eigenvalue weighted by molar-refractivity contribution is 5.99. The summed E-state index contributed by atoms with van der Waals surface area (Å²) in [5.74, 6) is 0.150. The lowest BCUT2D eigenvalue weighted by Gasteiger charge is -2.43. The molecule has 1 aliphatic rings. The highest BCUT2D eigenvalue weighted by Crippen LogP contribution is 2.24. The lowest BCUT2D eigenvalue weighted by atomic mass is 10.2. The third-order valence-corrected chi connectivity index (χ3v) is 3.05. The van der Waals surface area contributed by atoms with Gasteiger partial charge in [-0.3, -0.25) is 4.79 Å². The standard InChI is InChI=1S/C15H14N2O/c18-15-12-16(11-13-7-3-1-4-8-13)17(15)14-9-5-2-6-10-14/h1-10H,11-12H2. The van der Waals surface area contributed by atoms with E-state index in [0.717, 1.165) is 12.2 Å². The number of para-hydroxylation sites is 1. The van der Waals surface area contributed by atoms with Crippen molar-refractivity contribution in [3.8, 4) is 0 Å². The Morgan fingerprint density at radius 1 is 0.889 bits per heavy atom. The average molecular weight is 238 g/mol. The highest BCUT2D eigenvalue weighted by Gasteiger charge is 2.34. The Balaban J connectivity index is 1.77. The van der Waals surface area contributed by atoms with E-state index in [2.05, 4.69) is 12.1 Å². The second-order valence-corrected chi connectivity index (χ2v) is 4.35. The number of carbonyl (C=O) groups is 1. The molecule has 1 heterocycles. The summed E-state index contributed by atoms with van der Waals surface area (Å²) in [4.78, 5) is 11.7. The van der Waals surface area contributed by atoms with E-state index >= 15 is 0 Å². The maximum absolute atomic E-state index is 11.7. The number of hydrogen-bond acceptors (Lipinski definition) is 2. The molecule has 18 heavy (non-hydrogen) atoms. The Morgan fingerprint density at radius 3 is 2.11 bits per heavy atom. The molecule has 0 N–H and O–H groups in total. The normalized spacial score (nSPS) is 15.6. The summed E-state index contributed by atoms with van der Waals surface area (Å²) in [7, 11) is 0. The summed E-state index contributed by atoms with van der Waals surface area (Å²) in [6, 6.07) is 19.9. The number of hydrazine groups is 1. The lowest BCUT2D eigenvalue weighted by molar-refractivity contribution is -0.132. The van der Waals surface area contributed by atoms with Crippen molar-refractivity contribution >= 4 is 11.6 Å². The summed E-state index contributed by atoms with van der Waals surface area (Å²) in [5, 5.41) is 3.79. The molecule has 0 radical (unpaired) electrons. The minimum Gasteiger partial charge on any atom is -0.271 e. The van der Waals surface area contributed by atoms with Crippen LogP contribution in [0.4, 0.5) is 5.69 Å². The summed E-state index contributed by atoms with van der Waals surface area (Å²) >= 11 is 0. The number of rotatable bonds is 3. The third kappa shape index (κ3) is 2.00. The average Bonchev–Trinajstić information content (AvgIpc) is 2.40. The molecule has 0 aliphatic carbocycles. The van der Waals surface area contributed by atoms with Gasteiger partial charge in [0.25, 0.3) is 5.91 Å². The van der Waals surface area contributed by atoms with Gasteiger partial charge in [-0.15, -0.1) is 0 Å². The molecule has 2 aromatic carbocycles. The number of nitrogens with zero attached hydrogens (tertiary/aromatic N) is 2. The molecule has 3 rings (SSSR count). The van der Waals surface area contributed by atoms with Crippen molar-refractivity contribution < 1.29 is 4.79 Å². The van der Waals surface area contributed by atoms with Gasteiger partial charge < -0.3 is 0 Å². The van der Waals surface area contributed by atoms with Gasteiger partial charge in [0, 0.05) is 6.54 Å². The van der Waals surface area contributed by atoms with Gasteiger partial charge >= 0.3 is 0 Å². The first-order chi connectivity index (χ1) is 8.84. The number of carbonyl (C=O) groups excluding carboxylic acids is 1. The maximum atomic E-state index is 11.7. The van der Waals surface area contributed by atoms with Crippen LogP contribution < -0.4 is 5.01 Å². The Morgan fingerprint density at radius 2 is 1.50 bits per heavy atom. The molecular formula is C15H14N2O. The predicted octanol–water partition coefficient (Wildman–Crippen LogP) is 2.45. The van der Waals surface area contributed by atoms with Crippen LogP contribution in [0.25, 0.3) is 0 Å². The molecule has 0 bridgehead atoms. The molecule has 3 nitrogen and oxygen atoms in total. The van der Waals surface area contributed by atoms with Crippen molar-refractivity contribution in [1.82, 2.24) is 5.01 Å². The number of hydrogen-bond donors (Lipinski definition) is 0. The fraction of sp³-hybridized carbons (Fsp3) is 0.133. The van der Waals surface area contributed by atoms with Crippen molar-refractivity contribution in [2.45, 2.75) is 6.54 Å². The quantitative estimate of drug-likeness (QED) is 0.820. The van der Waals surface area contributed by atoms with Gasteiger partial charge in [-0.05, 0) is 17.7 Å². The van der Waals surface area contributed by atoms with Gasteiger partial charge in [0.1, 0.15) is 0 Å². The van der Waals surface area contributed by atoms with Crippen LogP contribution in [-0.2, 0) is 11.3 Å². The Hall–Kier alpha value is -2.13. The maximum Gasteiger partial charge on any atom is 0.257 e. The molecule has 1 amide bonds. The Kier molecular flexibility index (Phi) is 2.82. The molecule has 90 valence electrons. The minimum absolute atomic E-state index is 0.150. The van der Waals surface area contributed by atoms with E-state index in [1.54, 1.807) is 5.01 Å². The first-order valence-electron chi connectivity index (χ1n) is 6.01. The predicted molar refractivity (Wildman–Crippen MR) is 70.8 cm³/mol. The molecule has 1 fully saturated rings. The summed E-state index contributed by atoms with van der Waals surface area (Å²) in [5.41, 5.74) is 2.15. The second-order valence-electron chi connectivity index (χ2n) is 4.35. The van der Waals surface area contributed by atoms with Crippen LogP contribution in [0.5, 0.6) is 0 Å². The van der Waals surface area contributed by atoms with E-state index in [-0.39, 0.29) is 5.91 Å². The zero-order valence-electron chi connectivity index (χ0n) is 9.99. The van der Waals surface area contributed by atoms with Crippen molar-refractivity contribution in [3.05, 3.63) is 66.2 Å². The van der Waals surface area contributed by atoms with Crippen molar-refractivity contribution in [2.75, 3.05) is 11.6 Å². The van der Waals surface area contributed by atoms with E-state index in [4.69, 9.17) is 0 Å². The lowest BCUT2D eigenvalue weighted by Crippen LogP contribution is -2.61. The number of amides is 1. The molecule has 3 heteroatoms. The molecule has 0 atom stereocenters. The van der Waals surface area contributed by atoms with Gasteiger partial charge in [0.2, 0.25) is 0 Å². The van der Waals surface area contributed by atoms with Crippen LogP contribution in [0.15, 0.2) is 60.7 Å². The molecule has 0 spiro atoms. The fourth-order valence-corrected chi connectivity index (χ4v) is 2.17. The zero-order valence-corrected chi connectivity index (χ0v) is 9.99. The van der Waals surface area contributed by atoms with Gasteiger partial charge in [0.05, 0.1) is 12.2 Å². The van der Waals surface area contributed by atoms with Gasteiger partial charge in [-0.2, -0.15) is 5.01 Å². The van der Waals surface area contributed by atoms with Crippen LogP contribution in [0.2, 0.25) is 0 Å². The number of benzene rings is 2. The fourth-order valence-electron chi connectivity index (χ4n) is 2.17. The molecule has 0 saturated carbocycles. The van der Waals surface area contributed by atoms with Crippen molar-refractivity contribution in [1.29, 1.82) is 0 Å². The molecule has 1 saturated heterocycles. The first kappa shape index (κ1) is 11.0.